The van der Waals surface area contributed by atoms with Crippen LogP contribution >= 0.6 is 11.6 Å². The van der Waals surface area contributed by atoms with Crippen molar-refractivity contribution in [2.45, 2.75) is 6.42 Å². The van der Waals surface area contributed by atoms with E-state index in [4.69, 9.17) is 35.9 Å². The van der Waals surface area contributed by atoms with Crippen LogP contribution in [0.25, 0.3) is 28.2 Å². The van der Waals surface area contributed by atoms with E-state index in [2.05, 4.69) is 0 Å². The van der Waals surface area contributed by atoms with Gasteiger partial charge in [-0.2, -0.15) is 5.10 Å². The Morgan fingerprint density at radius 3 is 2.17 bits per heavy atom. The summed E-state index contributed by atoms with van der Waals surface area (Å²) in [4.78, 5) is 20.4. The molecule has 0 spiro atoms. The maximum absolute atomic E-state index is 13.8. The molecule has 0 aliphatic heterocycles. The summed E-state index contributed by atoms with van der Waals surface area (Å²) in [5.74, 6) is 1.88. The molecule has 0 unspecified atom stereocenters. The van der Waals surface area contributed by atoms with Gasteiger partial charge in [-0.3, -0.25) is 4.79 Å². The van der Waals surface area contributed by atoms with Crippen LogP contribution in [0.1, 0.15) is 16.1 Å². The summed E-state index contributed by atoms with van der Waals surface area (Å²) in [5, 5.41) is 5.39. The zero-order valence-electron chi connectivity index (χ0n) is 22.7. The second-order valence-electron chi connectivity index (χ2n) is 9.23. The molecule has 0 saturated carbocycles. The molecule has 1 amide bonds. The second-order valence-corrected chi connectivity index (χ2v) is 9.66. The first-order chi connectivity index (χ1) is 19.4. The topological polar surface area (TPSA) is 78.2 Å². The van der Waals surface area contributed by atoms with Crippen LogP contribution in [0.5, 0.6) is 17.2 Å². The summed E-state index contributed by atoms with van der Waals surface area (Å²) in [6, 6.07) is 24.4. The second kappa shape index (κ2) is 11.7. The molecule has 8 nitrogen and oxygen atoms in total. The number of carbonyl (C=O) groups is 1. The molecule has 0 aliphatic rings. The summed E-state index contributed by atoms with van der Waals surface area (Å²) in [5.41, 5.74) is 5.09. The van der Waals surface area contributed by atoms with Crippen LogP contribution in [-0.2, 0) is 6.42 Å². The maximum atomic E-state index is 13.8. The molecule has 0 radical (unpaired) electrons. The van der Waals surface area contributed by atoms with Crippen molar-refractivity contribution < 1.29 is 19.0 Å². The van der Waals surface area contributed by atoms with Gasteiger partial charge in [0, 0.05) is 35.8 Å². The molecule has 2 aromatic heterocycles. The van der Waals surface area contributed by atoms with Crippen LogP contribution in [0.2, 0.25) is 5.02 Å². The first-order valence-corrected chi connectivity index (χ1v) is 13.1. The van der Waals surface area contributed by atoms with E-state index in [0.717, 1.165) is 22.4 Å². The number of halogens is 1. The fourth-order valence-corrected chi connectivity index (χ4v) is 4.55. The predicted octanol–water partition coefficient (Wildman–Crippen LogP) is 6.06. The van der Waals surface area contributed by atoms with Crippen molar-refractivity contribution in [1.82, 2.24) is 19.5 Å². The van der Waals surface area contributed by atoms with Gasteiger partial charge in [-0.15, -0.1) is 0 Å². The number of hydrogen-bond donors (Lipinski definition) is 0. The number of fused-ring (bicyclic) bond motifs is 1. The van der Waals surface area contributed by atoms with Gasteiger partial charge in [0.25, 0.3) is 5.91 Å². The molecular weight excluding hydrogens is 528 g/mol. The third kappa shape index (κ3) is 5.58. The number of rotatable bonds is 9. The normalized spacial score (nSPS) is 10.9. The number of nitrogens with zero attached hydrogens (tertiary/aromatic N) is 4. The van der Waals surface area contributed by atoms with Crippen LogP contribution in [0, 0.1) is 0 Å². The van der Waals surface area contributed by atoms with Crippen LogP contribution in [0.4, 0.5) is 0 Å². The molecule has 3 aromatic carbocycles. The SMILES string of the molecule is COc1ccc(-c2cc(C(=O)N(C)CCc3ccc(OC)c(OC)c3)n3nc(-c4ccc(Cl)cc4)cc3n2)cc1. The average molecular weight is 557 g/mol. The van der Waals surface area contributed by atoms with E-state index in [1.807, 2.05) is 72.8 Å². The van der Waals surface area contributed by atoms with Crippen LogP contribution in [0.3, 0.4) is 0 Å². The van der Waals surface area contributed by atoms with E-state index in [0.29, 0.717) is 52.2 Å². The van der Waals surface area contributed by atoms with Crippen LogP contribution in [0.15, 0.2) is 78.9 Å². The molecular formula is C31H29ClN4O4. The predicted molar refractivity (Wildman–Crippen MR) is 156 cm³/mol. The Morgan fingerprint density at radius 1 is 0.825 bits per heavy atom. The standard InChI is InChI=1S/C31H29ClN4O4/c1-35(16-15-20-5-14-28(39-3)29(17-20)40-4)31(37)27-18-25(21-8-12-24(38-2)13-9-21)33-30-19-26(34-36(27)30)22-6-10-23(32)11-7-22/h5-14,17-19H,15-16H2,1-4H3. The Morgan fingerprint density at radius 2 is 1.50 bits per heavy atom. The molecule has 2 heterocycles. The van der Waals surface area contributed by atoms with Crippen molar-refractivity contribution in [2.75, 3.05) is 34.9 Å². The average Bonchev–Trinajstić information content (AvgIpc) is 3.43. The number of benzene rings is 3. The number of likely N-dealkylation sites (N-methyl/N-ethyl adjacent to an activating group) is 1. The molecule has 0 atom stereocenters. The number of aromatic nitrogens is 3. The van der Waals surface area contributed by atoms with Crippen molar-refractivity contribution in [3.63, 3.8) is 0 Å². The lowest BCUT2D eigenvalue weighted by Crippen LogP contribution is -2.30. The first kappa shape index (κ1) is 27.0. The molecule has 0 fully saturated rings. The van der Waals surface area contributed by atoms with Gasteiger partial charge in [0.05, 0.1) is 32.7 Å². The molecule has 204 valence electrons. The summed E-state index contributed by atoms with van der Waals surface area (Å²) in [6.07, 6.45) is 0.636. The summed E-state index contributed by atoms with van der Waals surface area (Å²) < 4.78 is 17.7. The number of amides is 1. The molecule has 0 saturated heterocycles. The Balaban J connectivity index is 1.50. The van der Waals surface area contributed by atoms with Crippen LogP contribution < -0.4 is 14.2 Å². The Bertz CT molecular complexity index is 1650. The molecule has 5 rings (SSSR count). The third-order valence-electron chi connectivity index (χ3n) is 6.70. The molecule has 0 bridgehead atoms. The first-order valence-electron chi connectivity index (χ1n) is 12.7. The van der Waals surface area contributed by atoms with Gasteiger partial charge in [0.15, 0.2) is 17.1 Å². The number of hydrogen-bond acceptors (Lipinski definition) is 6. The van der Waals surface area contributed by atoms with Gasteiger partial charge < -0.3 is 19.1 Å². The van der Waals surface area contributed by atoms with Gasteiger partial charge in [0.2, 0.25) is 0 Å². The fraction of sp³-hybridized carbons (Fsp3) is 0.194. The van der Waals surface area contributed by atoms with Crippen molar-refractivity contribution in [1.29, 1.82) is 0 Å². The van der Waals surface area contributed by atoms with Gasteiger partial charge in [-0.05, 0) is 66.6 Å². The van der Waals surface area contributed by atoms with E-state index < -0.39 is 0 Å². The lowest BCUT2D eigenvalue weighted by atomic mass is 10.1. The highest BCUT2D eigenvalue weighted by Crippen LogP contribution is 2.29. The number of carbonyl (C=O) groups excluding carboxylic acids is 1. The largest absolute Gasteiger partial charge is 0.497 e. The summed E-state index contributed by atoms with van der Waals surface area (Å²) in [7, 11) is 6.62. The lowest BCUT2D eigenvalue weighted by molar-refractivity contribution is 0.0788. The van der Waals surface area contributed by atoms with Gasteiger partial charge in [0.1, 0.15) is 11.4 Å². The van der Waals surface area contributed by atoms with Crippen molar-refractivity contribution in [2.24, 2.45) is 0 Å². The zero-order chi connectivity index (χ0) is 28.2. The molecule has 40 heavy (non-hydrogen) atoms. The number of methoxy groups -OCH3 is 3. The summed E-state index contributed by atoms with van der Waals surface area (Å²) >= 11 is 6.09. The molecule has 5 aromatic rings. The minimum Gasteiger partial charge on any atom is -0.497 e. The maximum Gasteiger partial charge on any atom is 0.272 e. The minimum absolute atomic E-state index is 0.173. The monoisotopic (exact) mass is 556 g/mol. The van der Waals surface area contributed by atoms with E-state index >= 15 is 0 Å². The molecule has 9 heteroatoms. The van der Waals surface area contributed by atoms with E-state index in [1.54, 1.807) is 43.9 Å². The highest BCUT2D eigenvalue weighted by Gasteiger charge is 2.20. The quantitative estimate of drug-likeness (QED) is 0.220. The lowest BCUT2D eigenvalue weighted by Gasteiger charge is -2.19. The fourth-order valence-electron chi connectivity index (χ4n) is 4.43. The Kier molecular flexibility index (Phi) is 7.89. The van der Waals surface area contributed by atoms with Crippen molar-refractivity contribution in [3.05, 3.63) is 95.1 Å². The Hall–Kier alpha value is -4.56. The van der Waals surface area contributed by atoms with E-state index in [-0.39, 0.29) is 5.91 Å². The van der Waals surface area contributed by atoms with E-state index in [9.17, 15) is 4.79 Å². The highest BCUT2D eigenvalue weighted by atomic mass is 35.5. The van der Waals surface area contributed by atoms with Crippen molar-refractivity contribution in [3.8, 4) is 39.8 Å². The molecule has 0 N–H and O–H groups in total. The van der Waals surface area contributed by atoms with Gasteiger partial charge in [-0.1, -0.05) is 29.8 Å². The third-order valence-corrected chi connectivity index (χ3v) is 6.95. The van der Waals surface area contributed by atoms with Crippen molar-refractivity contribution >= 4 is 23.2 Å². The summed E-state index contributed by atoms with van der Waals surface area (Å²) in [6.45, 7) is 0.487. The van der Waals surface area contributed by atoms with Gasteiger partial charge >= 0.3 is 0 Å². The number of ether oxygens (including phenoxy) is 3. The smallest absolute Gasteiger partial charge is 0.272 e. The van der Waals surface area contributed by atoms with E-state index in [1.165, 1.54) is 0 Å². The van der Waals surface area contributed by atoms with Crippen LogP contribution in [-0.4, -0.2) is 60.3 Å². The molecule has 0 aliphatic carbocycles. The zero-order valence-corrected chi connectivity index (χ0v) is 23.5. The minimum atomic E-state index is -0.173. The highest BCUT2D eigenvalue weighted by molar-refractivity contribution is 6.30. The Labute approximate surface area is 237 Å². The van der Waals surface area contributed by atoms with Gasteiger partial charge in [-0.25, -0.2) is 9.50 Å².